The summed E-state index contributed by atoms with van der Waals surface area (Å²) in [5, 5.41) is 4.33. The fourth-order valence-electron chi connectivity index (χ4n) is 4.26. The first-order chi connectivity index (χ1) is 10.8. The van der Waals surface area contributed by atoms with Crippen LogP contribution in [0, 0.1) is 11.8 Å². The Hall–Kier alpha value is -0.910. The third-order valence-electron chi connectivity index (χ3n) is 5.39. The number of carbonyl (C=O) groups excluding carboxylic acids is 1. The standard InChI is InChI=1S/C17H24N2O2S/c20-17(19-5-1-2-6-19)15-10-18(9-13-4-8-22-12-13)11-16-14(15)3-7-21-16/h4,8,12,14-16H,1-3,5-7,9-11H2/t14-,15-,16+/m1/s1. The molecule has 4 nitrogen and oxygen atoms in total. The van der Waals surface area contributed by atoms with Gasteiger partial charge in [-0.25, -0.2) is 0 Å². The van der Waals surface area contributed by atoms with Crippen molar-refractivity contribution in [2.75, 3.05) is 32.8 Å². The second-order valence-electron chi connectivity index (χ2n) is 6.83. The fourth-order valence-corrected chi connectivity index (χ4v) is 4.92. The third-order valence-corrected chi connectivity index (χ3v) is 6.12. The summed E-state index contributed by atoms with van der Waals surface area (Å²) < 4.78 is 5.94. The van der Waals surface area contributed by atoms with Gasteiger partial charge < -0.3 is 9.64 Å². The predicted octanol–water partition coefficient (Wildman–Crippen LogP) is 2.21. The second kappa shape index (κ2) is 6.30. The molecule has 4 rings (SSSR count). The monoisotopic (exact) mass is 320 g/mol. The van der Waals surface area contributed by atoms with Gasteiger partial charge in [-0.05, 0) is 41.7 Å². The normalized spacial score (nSPS) is 32.4. The van der Waals surface area contributed by atoms with E-state index < -0.39 is 0 Å². The van der Waals surface area contributed by atoms with Gasteiger partial charge in [0, 0.05) is 45.2 Å². The summed E-state index contributed by atoms with van der Waals surface area (Å²) in [6.45, 7) is 5.56. The van der Waals surface area contributed by atoms with E-state index in [1.54, 1.807) is 11.3 Å². The summed E-state index contributed by atoms with van der Waals surface area (Å²) in [7, 11) is 0. The summed E-state index contributed by atoms with van der Waals surface area (Å²) in [5.74, 6) is 0.956. The molecular weight excluding hydrogens is 296 g/mol. The highest BCUT2D eigenvalue weighted by Crippen LogP contribution is 2.35. The zero-order valence-electron chi connectivity index (χ0n) is 12.9. The van der Waals surface area contributed by atoms with E-state index in [4.69, 9.17) is 4.74 Å². The molecule has 5 heteroatoms. The van der Waals surface area contributed by atoms with Gasteiger partial charge >= 0.3 is 0 Å². The zero-order chi connectivity index (χ0) is 14.9. The Morgan fingerprint density at radius 3 is 2.95 bits per heavy atom. The van der Waals surface area contributed by atoms with Gasteiger partial charge in [0.1, 0.15) is 0 Å². The quantitative estimate of drug-likeness (QED) is 0.856. The van der Waals surface area contributed by atoms with Crippen molar-refractivity contribution in [3.05, 3.63) is 22.4 Å². The molecule has 1 aromatic heterocycles. The number of hydrogen-bond donors (Lipinski definition) is 0. The molecular formula is C17H24N2O2S. The van der Waals surface area contributed by atoms with E-state index in [-0.39, 0.29) is 12.0 Å². The number of carbonyl (C=O) groups is 1. The van der Waals surface area contributed by atoms with E-state index in [0.29, 0.717) is 11.8 Å². The molecule has 3 saturated heterocycles. The minimum absolute atomic E-state index is 0.137. The fraction of sp³-hybridized carbons (Fsp3) is 0.706. The number of nitrogens with zero attached hydrogens (tertiary/aromatic N) is 2. The Bertz CT molecular complexity index is 513. The Kier molecular flexibility index (Phi) is 4.20. The van der Waals surface area contributed by atoms with Gasteiger partial charge in [-0.3, -0.25) is 9.69 Å². The highest BCUT2D eigenvalue weighted by Gasteiger charge is 2.45. The molecule has 3 aliphatic rings. The first kappa shape index (κ1) is 14.7. The summed E-state index contributed by atoms with van der Waals surface area (Å²) >= 11 is 1.74. The molecule has 3 atom stereocenters. The van der Waals surface area contributed by atoms with E-state index in [2.05, 4.69) is 26.6 Å². The molecule has 0 unspecified atom stereocenters. The van der Waals surface area contributed by atoms with Crippen LogP contribution in [0.5, 0.6) is 0 Å². The SMILES string of the molecule is O=C([C@@H]1CN(Cc2ccsc2)C[C@@H]2OCC[C@@H]21)N1CCCC1. The minimum Gasteiger partial charge on any atom is -0.377 e. The molecule has 1 amide bonds. The number of piperidine rings is 1. The van der Waals surface area contributed by atoms with Gasteiger partial charge in [0.15, 0.2) is 0 Å². The van der Waals surface area contributed by atoms with Gasteiger partial charge in [0.05, 0.1) is 12.0 Å². The van der Waals surface area contributed by atoms with Gasteiger partial charge in [-0.15, -0.1) is 0 Å². The van der Waals surface area contributed by atoms with Crippen molar-refractivity contribution in [1.82, 2.24) is 9.80 Å². The van der Waals surface area contributed by atoms with Crippen LogP contribution in [0.15, 0.2) is 16.8 Å². The molecule has 0 aromatic carbocycles. The van der Waals surface area contributed by atoms with Crippen LogP contribution in [0.4, 0.5) is 0 Å². The first-order valence-electron chi connectivity index (χ1n) is 8.45. The molecule has 22 heavy (non-hydrogen) atoms. The van der Waals surface area contributed by atoms with E-state index >= 15 is 0 Å². The van der Waals surface area contributed by atoms with Gasteiger partial charge in [-0.1, -0.05) is 0 Å². The van der Waals surface area contributed by atoms with Crippen LogP contribution in [0.2, 0.25) is 0 Å². The highest BCUT2D eigenvalue weighted by molar-refractivity contribution is 7.07. The summed E-state index contributed by atoms with van der Waals surface area (Å²) in [6.07, 6.45) is 3.65. The average Bonchev–Trinajstić information content (AvgIpc) is 3.27. The van der Waals surface area contributed by atoms with Crippen LogP contribution < -0.4 is 0 Å². The van der Waals surface area contributed by atoms with E-state index in [1.807, 2.05) is 0 Å². The molecule has 0 N–H and O–H groups in total. The molecule has 120 valence electrons. The van der Waals surface area contributed by atoms with Gasteiger partial charge in [-0.2, -0.15) is 11.3 Å². The molecule has 0 saturated carbocycles. The van der Waals surface area contributed by atoms with Gasteiger partial charge in [0.25, 0.3) is 0 Å². The number of likely N-dealkylation sites (tertiary alicyclic amines) is 2. The second-order valence-corrected chi connectivity index (χ2v) is 7.61. The number of hydrogen-bond acceptors (Lipinski definition) is 4. The number of ether oxygens (including phenoxy) is 1. The van der Waals surface area contributed by atoms with E-state index in [1.165, 1.54) is 18.4 Å². The first-order valence-corrected chi connectivity index (χ1v) is 9.39. The minimum atomic E-state index is 0.137. The molecule has 3 fully saturated rings. The van der Waals surface area contributed by atoms with Crippen LogP contribution >= 0.6 is 11.3 Å². The largest absolute Gasteiger partial charge is 0.377 e. The maximum absolute atomic E-state index is 12.9. The summed E-state index contributed by atoms with van der Waals surface area (Å²) in [5.41, 5.74) is 1.36. The lowest BCUT2D eigenvalue weighted by molar-refractivity contribution is -0.140. The number of rotatable bonds is 3. The average molecular weight is 320 g/mol. The third kappa shape index (κ3) is 2.82. The maximum Gasteiger partial charge on any atom is 0.227 e. The van der Waals surface area contributed by atoms with E-state index in [9.17, 15) is 4.79 Å². The van der Waals surface area contributed by atoms with Crippen molar-refractivity contribution < 1.29 is 9.53 Å². The lowest BCUT2D eigenvalue weighted by Crippen LogP contribution is -2.52. The van der Waals surface area contributed by atoms with Crippen LogP contribution in [0.1, 0.15) is 24.8 Å². The molecule has 3 aliphatic heterocycles. The lowest BCUT2D eigenvalue weighted by atomic mass is 9.81. The lowest BCUT2D eigenvalue weighted by Gasteiger charge is -2.40. The Morgan fingerprint density at radius 2 is 2.18 bits per heavy atom. The van der Waals surface area contributed by atoms with Crippen LogP contribution in [0.25, 0.3) is 0 Å². The Morgan fingerprint density at radius 1 is 1.32 bits per heavy atom. The molecule has 0 bridgehead atoms. The summed E-state index contributed by atoms with van der Waals surface area (Å²) in [6, 6.07) is 2.18. The smallest absolute Gasteiger partial charge is 0.227 e. The summed E-state index contributed by atoms with van der Waals surface area (Å²) in [4.78, 5) is 17.5. The van der Waals surface area contributed by atoms with Crippen molar-refractivity contribution in [2.24, 2.45) is 11.8 Å². The Labute approximate surface area is 136 Å². The highest BCUT2D eigenvalue weighted by atomic mass is 32.1. The zero-order valence-corrected chi connectivity index (χ0v) is 13.8. The van der Waals surface area contributed by atoms with Crippen LogP contribution in [-0.2, 0) is 16.1 Å². The van der Waals surface area contributed by atoms with Crippen molar-refractivity contribution in [2.45, 2.75) is 31.9 Å². The van der Waals surface area contributed by atoms with Crippen molar-refractivity contribution in [1.29, 1.82) is 0 Å². The molecule has 0 spiro atoms. The molecule has 4 heterocycles. The van der Waals surface area contributed by atoms with Crippen LogP contribution in [-0.4, -0.2) is 54.6 Å². The molecule has 0 aliphatic carbocycles. The number of thiophene rings is 1. The maximum atomic E-state index is 12.9. The topological polar surface area (TPSA) is 32.8 Å². The number of fused-ring (bicyclic) bond motifs is 1. The Balaban J connectivity index is 1.49. The predicted molar refractivity (Wildman–Crippen MR) is 86.7 cm³/mol. The van der Waals surface area contributed by atoms with Gasteiger partial charge in [0.2, 0.25) is 5.91 Å². The molecule has 1 aromatic rings. The van der Waals surface area contributed by atoms with Crippen molar-refractivity contribution in [3.63, 3.8) is 0 Å². The van der Waals surface area contributed by atoms with Crippen molar-refractivity contribution in [3.8, 4) is 0 Å². The van der Waals surface area contributed by atoms with Crippen LogP contribution in [0.3, 0.4) is 0 Å². The molecule has 0 radical (unpaired) electrons. The number of amides is 1. The van der Waals surface area contributed by atoms with Crippen molar-refractivity contribution >= 4 is 17.2 Å². The van der Waals surface area contributed by atoms with E-state index in [0.717, 1.165) is 45.8 Å².